The van der Waals surface area contributed by atoms with Crippen LogP contribution in [0.1, 0.15) is 5.56 Å². The highest BCUT2D eigenvalue weighted by atomic mass is 79.9. The van der Waals surface area contributed by atoms with Crippen molar-refractivity contribution in [3.63, 3.8) is 0 Å². The van der Waals surface area contributed by atoms with E-state index in [1.807, 2.05) is 30.3 Å². The number of benzene rings is 1. The highest BCUT2D eigenvalue weighted by molar-refractivity contribution is 9.10. The fourth-order valence-electron chi connectivity index (χ4n) is 1.43. The van der Waals surface area contributed by atoms with E-state index in [-0.39, 0.29) is 0 Å². The standard InChI is InChI=1S/C13H13BrN2O/c1-17-11-6-7-13(16-9-11)15-8-10-4-2-3-5-12(10)14/h2-7,9H,8H2,1H3,(H,15,16). The number of hydrogen-bond donors (Lipinski definition) is 1. The van der Waals surface area contributed by atoms with Gasteiger partial charge in [0.2, 0.25) is 0 Å². The van der Waals surface area contributed by atoms with Crippen LogP contribution in [0.2, 0.25) is 0 Å². The zero-order valence-corrected chi connectivity index (χ0v) is 11.1. The van der Waals surface area contributed by atoms with E-state index < -0.39 is 0 Å². The molecule has 2 aromatic rings. The van der Waals surface area contributed by atoms with E-state index in [4.69, 9.17) is 4.74 Å². The second-order valence-electron chi connectivity index (χ2n) is 3.53. The first-order valence-corrected chi connectivity index (χ1v) is 6.06. The maximum atomic E-state index is 5.05. The van der Waals surface area contributed by atoms with Gasteiger partial charge in [-0.1, -0.05) is 34.1 Å². The number of methoxy groups -OCH3 is 1. The number of hydrogen-bond acceptors (Lipinski definition) is 3. The third-order valence-electron chi connectivity index (χ3n) is 2.39. The lowest BCUT2D eigenvalue weighted by Gasteiger charge is -2.07. The molecular weight excluding hydrogens is 280 g/mol. The smallest absolute Gasteiger partial charge is 0.137 e. The Bertz CT molecular complexity index is 485. The number of nitrogens with zero attached hydrogens (tertiary/aromatic N) is 1. The third-order valence-corrected chi connectivity index (χ3v) is 3.16. The van der Waals surface area contributed by atoms with Gasteiger partial charge in [0, 0.05) is 11.0 Å². The van der Waals surface area contributed by atoms with Crippen LogP contribution in [0.15, 0.2) is 47.1 Å². The second-order valence-corrected chi connectivity index (χ2v) is 4.38. The summed E-state index contributed by atoms with van der Waals surface area (Å²) in [4.78, 5) is 4.24. The molecule has 1 aromatic carbocycles. The molecule has 0 saturated heterocycles. The van der Waals surface area contributed by atoms with Crippen LogP contribution in [-0.2, 0) is 6.54 Å². The van der Waals surface area contributed by atoms with Crippen molar-refractivity contribution in [2.45, 2.75) is 6.54 Å². The molecule has 0 saturated carbocycles. The van der Waals surface area contributed by atoms with Gasteiger partial charge in [-0.25, -0.2) is 4.98 Å². The quantitative estimate of drug-likeness (QED) is 0.937. The van der Waals surface area contributed by atoms with Gasteiger partial charge in [-0.3, -0.25) is 0 Å². The molecule has 1 aromatic heterocycles. The normalized spacial score (nSPS) is 10.0. The molecule has 1 heterocycles. The molecule has 3 nitrogen and oxygen atoms in total. The largest absolute Gasteiger partial charge is 0.495 e. The van der Waals surface area contributed by atoms with Gasteiger partial charge < -0.3 is 10.1 Å². The number of anilines is 1. The number of halogens is 1. The maximum Gasteiger partial charge on any atom is 0.137 e. The summed E-state index contributed by atoms with van der Waals surface area (Å²) in [5.74, 6) is 1.60. The minimum atomic E-state index is 0.737. The molecule has 0 aliphatic heterocycles. The summed E-state index contributed by atoms with van der Waals surface area (Å²) in [6.45, 7) is 0.737. The number of pyridine rings is 1. The van der Waals surface area contributed by atoms with Crippen molar-refractivity contribution in [3.05, 3.63) is 52.6 Å². The molecule has 0 amide bonds. The Morgan fingerprint density at radius 3 is 2.71 bits per heavy atom. The van der Waals surface area contributed by atoms with Crippen LogP contribution in [0, 0.1) is 0 Å². The average molecular weight is 293 g/mol. The zero-order chi connectivity index (χ0) is 12.1. The summed E-state index contributed by atoms with van der Waals surface area (Å²) in [6, 6.07) is 11.9. The van der Waals surface area contributed by atoms with E-state index in [2.05, 4.69) is 32.3 Å². The Hall–Kier alpha value is -1.55. The summed E-state index contributed by atoms with van der Waals surface area (Å²) in [7, 11) is 1.63. The van der Waals surface area contributed by atoms with Gasteiger partial charge >= 0.3 is 0 Å². The van der Waals surface area contributed by atoms with Crippen LogP contribution >= 0.6 is 15.9 Å². The predicted molar refractivity (Wildman–Crippen MR) is 72.3 cm³/mol. The lowest BCUT2D eigenvalue weighted by atomic mass is 10.2. The molecule has 0 unspecified atom stereocenters. The first-order valence-electron chi connectivity index (χ1n) is 5.27. The van der Waals surface area contributed by atoms with Gasteiger partial charge in [-0.05, 0) is 23.8 Å². The zero-order valence-electron chi connectivity index (χ0n) is 9.48. The van der Waals surface area contributed by atoms with Crippen molar-refractivity contribution in [1.29, 1.82) is 0 Å². The SMILES string of the molecule is COc1ccc(NCc2ccccc2Br)nc1. The van der Waals surface area contributed by atoms with Gasteiger partial charge in [-0.2, -0.15) is 0 Å². The summed E-state index contributed by atoms with van der Waals surface area (Å²) >= 11 is 3.51. The molecule has 0 spiro atoms. The van der Waals surface area contributed by atoms with Crippen molar-refractivity contribution < 1.29 is 4.74 Å². The van der Waals surface area contributed by atoms with Crippen LogP contribution < -0.4 is 10.1 Å². The van der Waals surface area contributed by atoms with Gasteiger partial charge in [0.15, 0.2) is 0 Å². The van der Waals surface area contributed by atoms with Crippen LogP contribution in [0.4, 0.5) is 5.82 Å². The average Bonchev–Trinajstić information content (AvgIpc) is 2.38. The van der Waals surface area contributed by atoms with Crippen molar-refractivity contribution in [2.75, 3.05) is 12.4 Å². The van der Waals surface area contributed by atoms with Crippen molar-refractivity contribution in [3.8, 4) is 5.75 Å². The summed E-state index contributed by atoms with van der Waals surface area (Å²) in [6.07, 6.45) is 1.70. The second kappa shape index (κ2) is 5.68. The molecule has 0 aliphatic carbocycles. The lowest BCUT2D eigenvalue weighted by molar-refractivity contribution is 0.413. The lowest BCUT2D eigenvalue weighted by Crippen LogP contribution is -2.01. The Balaban J connectivity index is 2.00. The minimum Gasteiger partial charge on any atom is -0.495 e. The van der Waals surface area contributed by atoms with Crippen LogP contribution in [0.3, 0.4) is 0 Å². The predicted octanol–water partition coefficient (Wildman–Crippen LogP) is 3.46. The monoisotopic (exact) mass is 292 g/mol. The molecule has 1 N–H and O–H groups in total. The molecule has 0 bridgehead atoms. The number of rotatable bonds is 4. The van der Waals surface area contributed by atoms with Gasteiger partial charge in [0.1, 0.15) is 11.6 Å². The molecule has 0 fully saturated rings. The van der Waals surface area contributed by atoms with E-state index in [9.17, 15) is 0 Å². The number of ether oxygens (including phenoxy) is 1. The van der Waals surface area contributed by atoms with Crippen molar-refractivity contribution >= 4 is 21.7 Å². The van der Waals surface area contributed by atoms with E-state index in [1.165, 1.54) is 5.56 Å². The number of aromatic nitrogens is 1. The highest BCUT2D eigenvalue weighted by Crippen LogP contribution is 2.17. The molecular formula is C13H13BrN2O. The van der Waals surface area contributed by atoms with Crippen LogP contribution in [0.25, 0.3) is 0 Å². The van der Waals surface area contributed by atoms with Crippen LogP contribution in [-0.4, -0.2) is 12.1 Å². The fraction of sp³-hybridized carbons (Fsp3) is 0.154. The fourth-order valence-corrected chi connectivity index (χ4v) is 1.86. The van der Waals surface area contributed by atoms with E-state index in [1.54, 1.807) is 13.3 Å². The molecule has 0 radical (unpaired) electrons. The number of nitrogens with one attached hydrogen (secondary N) is 1. The molecule has 0 atom stereocenters. The van der Waals surface area contributed by atoms with Crippen LogP contribution in [0.5, 0.6) is 5.75 Å². The van der Waals surface area contributed by atoms with Gasteiger partial charge in [0.25, 0.3) is 0 Å². The minimum absolute atomic E-state index is 0.737. The van der Waals surface area contributed by atoms with Gasteiger partial charge in [0.05, 0.1) is 13.3 Å². The Kier molecular flexibility index (Phi) is 3.98. The summed E-state index contributed by atoms with van der Waals surface area (Å²) in [5, 5.41) is 3.26. The first kappa shape index (κ1) is 11.9. The van der Waals surface area contributed by atoms with Gasteiger partial charge in [-0.15, -0.1) is 0 Å². The highest BCUT2D eigenvalue weighted by Gasteiger charge is 1.99. The summed E-state index contributed by atoms with van der Waals surface area (Å²) < 4.78 is 6.15. The van der Waals surface area contributed by atoms with E-state index in [0.29, 0.717) is 0 Å². The molecule has 4 heteroatoms. The van der Waals surface area contributed by atoms with E-state index in [0.717, 1.165) is 22.6 Å². The summed E-state index contributed by atoms with van der Waals surface area (Å²) in [5.41, 5.74) is 1.20. The Morgan fingerprint density at radius 1 is 1.24 bits per heavy atom. The Labute approximate surface area is 109 Å². The molecule has 2 rings (SSSR count). The molecule has 88 valence electrons. The van der Waals surface area contributed by atoms with Crippen molar-refractivity contribution in [2.24, 2.45) is 0 Å². The molecule has 17 heavy (non-hydrogen) atoms. The Morgan fingerprint density at radius 2 is 2.06 bits per heavy atom. The molecule has 0 aliphatic rings. The maximum absolute atomic E-state index is 5.05. The third kappa shape index (κ3) is 3.20. The van der Waals surface area contributed by atoms with E-state index >= 15 is 0 Å². The first-order chi connectivity index (χ1) is 8.29. The topological polar surface area (TPSA) is 34.1 Å². The van der Waals surface area contributed by atoms with Crippen molar-refractivity contribution in [1.82, 2.24) is 4.98 Å².